The lowest BCUT2D eigenvalue weighted by atomic mass is 10.0. The number of aromatic nitrogens is 3. The van der Waals surface area contributed by atoms with Crippen molar-refractivity contribution in [3.05, 3.63) is 88.1 Å². The van der Waals surface area contributed by atoms with Gasteiger partial charge in [0.05, 0.1) is 34.8 Å². The van der Waals surface area contributed by atoms with Crippen LogP contribution in [-0.4, -0.2) is 51.7 Å². The van der Waals surface area contributed by atoms with Gasteiger partial charge in [0, 0.05) is 50.0 Å². The summed E-state index contributed by atoms with van der Waals surface area (Å²) in [6, 6.07) is 17.0. The minimum Gasteiger partial charge on any atom is -0.383 e. The first-order valence-electron chi connectivity index (χ1n) is 12.0. The van der Waals surface area contributed by atoms with E-state index in [1.165, 1.54) is 0 Å². The maximum atomic E-state index is 13.3. The van der Waals surface area contributed by atoms with Crippen molar-refractivity contribution in [2.45, 2.75) is 25.4 Å². The van der Waals surface area contributed by atoms with Crippen molar-refractivity contribution in [1.29, 1.82) is 0 Å². The molecule has 8 nitrogen and oxygen atoms in total. The maximum absolute atomic E-state index is 13.3. The van der Waals surface area contributed by atoms with E-state index in [4.69, 9.17) is 16.3 Å². The first-order chi connectivity index (χ1) is 17.6. The highest BCUT2D eigenvalue weighted by atomic mass is 35.5. The molecule has 0 atom stereocenters. The second-order valence-electron chi connectivity index (χ2n) is 8.86. The normalized spacial score (nSPS) is 14.3. The quantitative estimate of drug-likeness (QED) is 0.393. The van der Waals surface area contributed by atoms with Gasteiger partial charge >= 0.3 is 5.69 Å². The van der Waals surface area contributed by atoms with E-state index in [9.17, 15) is 9.59 Å². The van der Waals surface area contributed by atoms with Crippen LogP contribution in [-0.2, 0) is 11.3 Å². The Kier molecular flexibility index (Phi) is 7.06. The Morgan fingerprint density at radius 3 is 2.47 bits per heavy atom. The van der Waals surface area contributed by atoms with Crippen molar-refractivity contribution in [1.82, 2.24) is 19.0 Å². The average molecular weight is 506 g/mol. The molecule has 0 aliphatic carbocycles. The third-order valence-electron chi connectivity index (χ3n) is 6.67. The van der Waals surface area contributed by atoms with E-state index in [1.807, 2.05) is 51.9 Å². The fourth-order valence-electron chi connectivity index (χ4n) is 4.85. The van der Waals surface area contributed by atoms with Crippen molar-refractivity contribution < 1.29 is 9.53 Å². The predicted molar refractivity (Wildman–Crippen MR) is 141 cm³/mol. The molecule has 1 amide bonds. The van der Waals surface area contributed by atoms with Crippen molar-refractivity contribution in [2.24, 2.45) is 0 Å². The number of carbonyl (C=O) groups excluding carboxylic acids is 1. The third-order valence-corrected chi connectivity index (χ3v) is 6.99. The zero-order valence-corrected chi connectivity index (χ0v) is 20.8. The van der Waals surface area contributed by atoms with E-state index in [0.29, 0.717) is 49.7 Å². The van der Waals surface area contributed by atoms with Gasteiger partial charge in [-0.2, -0.15) is 0 Å². The molecule has 1 fully saturated rings. The number of rotatable bonds is 7. The third kappa shape index (κ3) is 4.74. The molecule has 0 unspecified atom stereocenters. The summed E-state index contributed by atoms with van der Waals surface area (Å²) in [6.07, 6.45) is 4.81. The molecule has 2 aromatic carbocycles. The number of para-hydroxylation sites is 2. The summed E-state index contributed by atoms with van der Waals surface area (Å²) in [5, 5.41) is 3.66. The highest BCUT2D eigenvalue weighted by Crippen LogP contribution is 2.29. The number of hydrogen-bond donors (Lipinski definition) is 1. The number of hydrogen-bond acceptors (Lipinski definition) is 5. The lowest BCUT2D eigenvalue weighted by molar-refractivity contribution is 0.0694. The molecular weight excluding hydrogens is 478 g/mol. The first-order valence-corrected chi connectivity index (χ1v) is 12.4. The Bertz CT molecular complexity index is 1420. The maximum Gasteiger partial charge on any atom is 0.329 e. The van der Waals surface area contributed by atoms with E-state index < -0.39 is 0 Å². The van der Waals surface area contributed by atoms with Gasteiger partial charge in [-0.25, -0.2) is 4.79 Å². The summed E-state index contributed by atoms with van der Waals surface area (Å²) in [5.41, 5.74) is 3.96. The zero-order valence-electron chi connectivity index (χ0n) is 20.1. The topological polar surface area (TPSA) is 81.4 Å². The molecule has 4 aromatic rings. The van der Waals surface area contributed by atoms with Crippen LogP contribution in [0.5, 0.6) is 0 Å². The predicted octanol–water partition coefficient (Wildman–Crippen LogP) is 4.72. The molecule has 1 N–H and O–H groups in total. The number of halogens is 1. The minimum atomic E-state index is -0.0937. The molecule has 1 aliphatic rings. The minimum absolute atomic E-state index is 0.0256. The number of ether oxygens (including phenoxy) is 1. The van der Waals surface area contributed by atoms with E-state index in [-0.39, 0.29) is 17.6 Å². The highest BCUT2D eigenvalue weighted by Gasteiger charge is 2.28. The molecule has 1 saturated heterocycles. The standard InChI is InChI=1S/C27H28ClN5O3/c1-36-17-16-32-24-4-2-3-5-25(24)33(27(32)35)21-10-14-31(15-11-21)26(34)22-7-6-20(18-23(22)28)30-19-8-12-29-13-9-19/h2-9,12-13,18,21H,10-11,14-17H2,1H3,(H,29,30). The fourth-order valence-corrected chi connectivity index (χ4v) is 5.11. The Morgan fingerprint density at radius 2 is 1.78 bits per heavy atom. The number of methoxy groups -OCH3 is 1. The summed E-state index contributed by atoms with van der Waals surface area (Å²) in [6.45, 7) is 2.09. The molecule has 3 heterocycles. The fraction of sp³-hybridized carbons (Fsp3) is 0.296. The largest absolute Gasteiger partial charge is 0.383 e. The van der Waals surface area contributed by atoms with Crippen LogP contribution in [0.3, 0.4) is 0 Å². The lowest BCUT2D eigenvalue weighted by Gasteiger charge is -2.33. The summed E-state index contributed by atoms with van der Waals surface area (Å²) >= 11 is 6.51. The van der Waals surface area contributed by atoms with E-state index in [1.54, 1.807) is 36.2 Å². The van der Waals surface area contributed by atoms with Gasteiger partial charge in [0.2, 0.25) is 0 Å². The Balaban J connectivity index is 1.30. The van der Waals surface area contributed by atoms with Gasteiger partial charge in [-0.3, -0.25) is 18.9 Å². The Labute approximate surface area is 214 Å². The molecule has 1 aliphatic heterocycles. The molecule has 0 radical (unpaired) electrons. The number of anilines is 2. The van der Waals surface area contributed by atoms with Gasteiger partial charge in [0.15, 0.2) is 0 Å². The van der Waals surface area contributed by atoms with Gasteiger partial charge in [-0.05, 0) is 55.3 Å². The molecule has 0 spiro atoms. The molecule has 36 heavy (non-hydrogen) atoms. The lowest BCUT2D eigenvalue weighted by Crippen LogP contribution is -2.41. The first kappa shape index (κ1) is 24.1. The van der Waals surface area contributed by atoms with Crippen LogP contribution in [0, 0.1) is 0 Å². The van der Waals surface area contributed by atoms with Crippen LogP contribution in [0.1, 0.15) is 29.2 Å². The summed E-state index contributed by atoms with van der Waals surface area (Å²) in [4.78, 5) is 32.4. The molecule has 5 rings (SSSR count). The van der Waals surface area contributed by atoms with E-state index in [2.05, 4.69) is 10.3 Å². The SMILES string of the molecule is COCCn1c(=O)n(C2CCN(C(=O)c3ccc(Nc4ccncc4)cc3Cl)CC2)c2ccccc21. The average Bonchev–Trinajstić information content (AvgIpc) is 3.18. The number of fused-ring (bicyclic) bond motifs is 1. The van der Waals surface area contributed by atoms with Gasteiger partial charge in [0.1, 0.15) is 0 Å². The molecular formula is C27H28ClN5O3. The van der Waals surface area contributed by atoms with Crippen molar-refractivity contribution >= 4 is 39.9 Å². The van der Waals surface area contributed by atoms with Gasteiger partial charge < -0.3 is 15.0 Å². The van der Waals surface area contributed by atoms with Gasteiger partial charge in [0.25, 0.3) is 5.91 Å². The monoisotopic (exact) mass is 505 g/mol. The van der Waals surface area contributed by atoms with Crippen molar-refractivity contribution in [2.75, 3.05) is 32.1 Å². The summed E-state index contributed by atoms with van der Waals surface area (Å²) < 4.78 is 8.87. The van der Waals surface area contributed by atoms with Gasteiger partial charge in [-0.15, -0.1) is 0 Å². The van der Waals surface area contributed by atoms with E-state index >= 15 is 0 Å². The van der Waals surface area contributed by atoms with Crippen molar-refractivity contribution in [3.8, 4) is 0 Å². The van der Waals surface area contributed by atoms with E-state index in [0.717, 1.165) is 22.4 Å². The molecule has 0 saturated carbocycles. The molecule has 186 valence electrons. The number of nitrogens with one attached hydrogen (secondary N) is 1. The Morgan fingerprint density at radius 1 is 1.06 bits per heavy atom. The van der Waals surface area contributed by atoms with Crippen LogP contribution in [0.15, 0.2) is 71.8 Å². The number of likely N-dealkylation sites (tertiary alicyclic amines) is 1. The number of imidazole rings is 1. The van der Waals surface area contributed by atoms with Crippen LogP contribution in [0.25, 0.3) is 11.0 Å². The van der Waals surface area contributed by atoms with Crippen LogP contribution in [0.4, 0.5) is 11.4 Å². The molecule has 2 aromatic heterocycles. The number of carbonyl (C=O) groups is 1. The number of benzene rings is 2. The Hall–Kier alpha value is -3.62. The van der Waals surface area contributed by atoms with Gasteiger partial charge in [-0.1, -0.05) is 23.7 Å². The molecule has 0 bridgehead atoms. The molecule has 9 heteroatoms. The number of nitrogens with zero attached hydrogens (tertiary/aromatic N) is 4. The van der Waals surface area contributed by atoms with Crippen molar-refractivity contribution in [3.63, 3.8) is 0 Å². The highest BCUT2D eigenvalue weighted by molar-refractivity contribution is 6.34. The second-order valence-corrected chi connectivity index (χ2v) is 9.27. The second kappa shape index (κ2) is 10.6. The van der Waals surface area contributed by atoms with Crippen LogP contribution < -0.4 is 11.0 Å². The number of pyridine rings is 1. The number of piperidine rings is 1. The number of amides is 1. The summed E-state index contributed by atoms with van der Waals surface area (Å²) in [5.74, 6) is -0.0937. The smallest absolute Gasteiger partial charge is 0.329 e. The summed E-state index contributed by atoms with van der Waals surface area (Å²) in [7, 11) is 1.63. The van der Waals surface area contributed by atoms with Crippen LogP contribution in [0.2, 0.25) is 5.02 Å². The van der Waals surface area contributed by atoms with Crippen LogP contribution >= 0.6 is 11.6 Å². The zero-order chi connectivity index (χ0) is 25.1.